The van der Waals surface area contributed by atoms with E-state index in [4.69, 9.17) is 9.47 Å². The number of para-hydroxylation sites is 2. The average molecular weight is 493 g/mol. The summed E-state index contributed by atoms with van der Waals surface area (Å²) in [5, 5.41) is 9.29. The molecule has 0 unspecified atom stereocenters. The fourth-order valence-corrected chi connectivity index (χ4v) is 4.72. The van der Waals surface area contributed by atoms with Crippen molar-refractivity contribution in [3.63, 3.8) is 0 Å². The molecule has 0 aliphatic carbocycles. The van der Waals surface area contributed by atoms with Gasteiger partial charge >= 0.3 is 5.97 Å². The van der Waals surface area contributed by atoms with E-state index in [1.54, 1.807) is 24.3 Å². The Morgan fingerprint density at radius 1 is 1.03 bits per heavy atom. The van der Waals surface area contributed by atoms with Crippen molar-refractivity contribution in [2.24, 2.45) is 0 Å². The van der Waals surface area contributed by atoms with Crippen molar-refractivity contribution >= 4 is 29.3 Å². The molecular weight excluding hydrogens is 464 g/mol. The number of nitrogens with zero attached hydrogens (tertiary/aromatic N) is 4. The molecule has 0 saturated carbocycles. The van der Waals surface area contributed by atoms with E-state index >= 15 is 0 Å². The summed E-state index contributed by atoms with van der Waals surface area (Å²) >= 11 is 1.53. The molecule has 0 saturated heterocycles. The number of anilines is 1. The van der Waals surface area contributed by atoms with Crippen LogP contribution in [0.15, 0.2) is 53.7 Å². The Kier molecular flexibility index (Phi) is 7.97. The first-order valence-electron chi connectivity index (χ1n) is 11.7. The second-order valence-electron chi connectivity index (χ2n) is 8.17. The molecule has 0 radical (unpaired) electrons. The zero-order valence-corrected chi connectivity index (χ0v) is 20.9. The first-order chi connectivity index (χ1) is 17.0. The van der Waals surface area contributed by atoms with Gasteiger partial charge in [0.2, 0.25) is 23.2 Å². The summed E-state index contributed by atoms with van der Waals surface area (Å²) in [6.07, 6.45) is 3.68. The number of ether oxygens (including phenoxy) is 2. The number of thioether (sulfide) groups is 1. The largest absolute Gasteiger partial charge is 0.447 e. The van der Waals surface area contributed by atoms with Crippen LogP contribution >= 0.6 is 11.8 Å². The molecule has 0 bridgehead atoms. The maximum absolute atomic E-state index is 13.0. The third-order valence-electron chi connectivity index (χ3n) is 5.52. The monoisotopic (exact) mass is 492 g/mol. The van der Waals surface area contributed by atoms with Gasteiger partial charge in [-0.3, -0.25) is 14.5 Å². The van der Waals surface area contributed by atoms with Gasteiger partial charge in [0.1, 0.15) is 5.75 Å². The quantitative estimate of drug-likeness (QED) is 0.174. The van der Waals surface area contributed by atoms with E-state index in [0.717, 1.165) is 18.6 Å². The highest BCUT2D eigenvalue weighted by Crippen LogP contribution is 2.44. The molecule has 9 heteroatoms. The predicted molar refractivity (Wildman–Crippen MR) is 134 cm³/mol. The fraction of sp³-hybridized carbons (Fsp3) is 0.346. The summed E-state index contributed by atoms with van der Waals surface area (Å²) in [6.45, 7) is 4.98. The molecule has 1 aliphatic rings. The lowest BCUT2D eigenvalue weighted by molar-refractivity contribution is -0.132. The maximum atomic E-state index is 13.0. The molecule has 1 atom stereocenters. The van der Waals surface area contributed by atoms with E-state index in [0.29, 0.717) is 33.4 Å². The first kappa shape index (κ1) is 24.7. The van der Waals surface area contributed by atoms with Crippen molar-refractivity contribution in [3.8, 4) is 22.9 Å². The number of esters is 1. The van der Waals surface area contributed by atoms with Gasteiger partial charge in [0, 0.05) is 25.2 Å². The molecule has 1 aliphatic heterocycles. The summed E-state index contributed by atoms with van der Waals surface area (Å²) in [7, 11) is 0. The lowest BCUT2D eigenvalue weighted by Gasteiger charge is -2.30. The van der Waals surface area contributed by atoms with Crippen LogP contribution in [0.3, 0.4) is 0 Å². The van der Waals surface area contributed by atoms with Gasteiger partial charge in [-0.05, 0) is 24.6 Å². The minimum atomic E-state index is -0.926. The Balaban J connectivity index is 1.78. The van der Waals surface area contributed by atoms with Gasteiger partial charge in [-0.2, -0.15) is 4.98 Å². The molecule has 8 nitrogen and oxygen atoms in total. The number of carbonyl (C=O) groups is 2. The second kappa shape index (κ2) is 11.3. The van der Waals surface area contributed by atoms with Gasteiger partial charge in [0.15, 0.2) is 5.69 Å². The molecule has 0 fully saturated rings. The smallest absolute Gasteiger partial charge is 0.308 e. The predicted octanol–water partition coefficient (Wildman–Crippen LogP) is 5.58. The molecule has 2 heterocycles. The molecule has 2 aromatic carbocycles. The first-order valence-corrected chi connectivity index (χ1v) is 12.7. The molecule has 35 heavy (non-hydrogen) atoms. The zero-order chi connectivity index (χ0) is 24.8. The van der Waals surface area contributed by atoms with E-state index in [1.165, 1.54) is 43.4 Å². The Bertz CT molecular complexity index is 1220. The number of fused-ring (bicyclic) bond motifs is 3. The van der Waals surface area contributed by atoms with E-state index in [9.17, 15) is 9.59 Å². The fourth-order valence-electron chi connectivity index (χ4n) is 3.94. The van der Waals surface area contributed by atoms with Crippen LogP contribution < -0.4 is 14.4 Å². The van der Waals surface area contributed by atoms with E-state index in [1.807, 2.05) is 24.3 Å². The highest BCUT2D eigenvalue weighted by Gasteiger charge is 2.36. The van der Waals surface area contributed by atoms with Crippen molar-refractivity contribution in [2.75, 3.05) is 10.7 Å². The maximum Gasteiger partial charge on any atom is 0.308 e. The van der Waals surface area contributed by atoms with Crippen LogP contribution in [-0.2, 0) is 9.59 Å². The lowest BCUT2D eigenvalue weighted by atomic mass is 10.1. The molecular formula is C26H28N4O4S. The molecule has 0 N–H and O–H groups in total. The number of benzene rings is 2. The molecule has 1 amide bonds. The second-order valence-corrected chi connectivity index (χ2v) is 9.23. The Morgan fingerprint density at radius 3 is 2.57 bits per heavy atom. The van der Waals surface area contributed by atoms with Crippen molar-refractivity contribution in [2.45, 2.75) is 57.8 Å². The molecule has 182 valence electrons. The van der Waals surface area contributed by atoms with Crippen LogP contribution in [0.25, 0.3) is 11.3 Å². The normalized spacial score (nSPS) is 14.4. The van der Waals surface area contributed by atoms with Crippen LogP contribution in [0, 0.1) is 0 Å². The summed E-state index contributed by atoms with van der Waals surface area (Å²) in [6, 6.07) is 14.4. The topological polar surface area (TPSA) is 94.5 Å². The van der Waals surface area contributed by atoms with Gasteiger partial charge < -0.3 is 9.47 Å². The van der Waals surface area contributed by atoms with E-state index < -0.39 is 12.2 Å². The van der Waals surface area contributed by atoms with Crippen LogP contribution in [0.1, 0.15) is 58.2 Å². The summed E-state index contributed by atoms with van der Waals surface area (Å²) < 4.78 is 11.8. The lowest BCUT2D eigenvalue weighted by Crippen LogP contribution is -2.36. The van der Waals surface area contributed by atoms with Crippen LogP contribution in [0.2, 0.25) is 0 Å². The van der Waals surface area contributed by atoms with Crippen LogP contribution in [0.4, 0.5) is 5.69 Å². The molecule has 3 aromatic rings. The number of carbonyl (C=O) groups excluding carboxylic acids is 2. The average Bonchev–Trinajstić information content (AvgIpc) is 2.98. The Morgan fingerprint density at radius 2 is 1.80 bits per heavy atom. The van der Waals surface area contributed by atoms with Gasteiger partial charge in [0.25, 0.3) is 0 Å². The third kappa shape index (κ3) is 5.62. The van der Waals surface area contributed by atoms with Crippen molar-refractivity contribution < 1.29 is 19.1 Å². The number of hydrogen-bond donors (Lipinski definition) is 0. The van der Waals surface area contributed by atoms with Crippen molar-refractivity contribution in [1.82, 2.24) is 15.2 Å². The number of rotatable bonds is 8. The van der Waals surface area contributed by atoms with E-state index in [-0.39, 0.29) is 11.8 Å². The van der Waals surface area contributed by atoms with E-state index in [2.05, 4.69) is 22.1 Å². The Hall–Kier alpha value is -3.46. The molecule has 0 spiro atoms. The highest BCUT2D eigenvalue weighted by atomic mass is 32.2. The van der Waals surface area contributed by atoms with Crippen molar-refractivity contribution in [1.29, 1.82) is 0 Å². The Labute approximate surface area is 209 Å². The third-order valence-corrected chi connectivity index (χ3v) is 6.44. The van der Waals surface area contributed by atoms with Crippen LogP contribution in [-0.4, -0.2) is 32.8 Å². The molecule has 1 aromatic heterocycles. The zero-order valence-electron chi connectivity index (χ0n) is 20.1. The van der Waals surface area contributed by atoms with Gasteiger partial charge in [0.05, 0.1) is 11.3 Å². The number of unbranched alkanes of at least 4 members (excludes halogenated alkanes) is 3. The minimum absolute atomic E-state index is 0.244. The SMILES string of the molecule is CCCCCCSc1nnc2c(n1)O[C@H](c1ccccc1OC(C)=O)N(C(C)=O)c1ccccc1-2. The standard InChI is InChI=1S/C26H28N4O4S/c1-4-5-6-11-16-35-26-27-24-23(28-29-26)19-12-7-9-14-21(19)30(17(2)31)25(34-24)20-13-8-10-15-22(20)33-18(3)32/h7-10,12-15,25H,4-6,11,16H2,1-3H3/t25-/m1/s1. The van der Waals surface area contributed by atoms with Gasteiger partial charge in [-0.25, -0.2) is 0 Å². The minimum Gasteiger partial charge on any atom is -0.447 e. The number of amides is 1. The van der Waals surface area contributed by atoms with Crippen molar-refractivity contribution in [3.05, 3.63) is 54.1 Å². The molecule has 4 rings (SSSR count). The van der Waals surface area contributed by atoms with Gasteiger partial charge in [-0.1, -0.05) is 68.3 Å². The number of hydrogen-bond acceptors (Lipinski definition) is 8. The van der Waals surface area contributed by atoms with Crippen LogP contribution in [0.5, 0.6) is 11.6 Å². The summed E-state index contributed by atoms with van der Waals surface area (Å²) in [5.74, 6) is 0.757. The summed E-state index contributed by atoms with van der Waals surface area (Å²) in [5.41, 5.74) is 2.27. The highest BCUT2D eigenvalue weighted by molar-refractivity contribution is 7.99. The van der Waals surface area contributed by atoms with Gasteiger partial charge in [-0.15, -0.1) is 10.2 Å². The summed E-state index contributed by atoms with van der Waals surface area (Å²) in [4.78, 5) is 30.9. The number of aromatic nitrogens is 3.